The van der Waals surface area contributed by atoms with Crippen LogP contribution in [0.1, 0.15) is 12.5 Å². The maximum Gasteiger partial charge on any atom is 0.198 e. The largest absolute Gasteiger partial charge is 0.490 e. The first kappa shape index (κ1) is 12.5. The van der Waals surface area contributed by atoms with Gasteiger partial charge in [0.25, 0.3) is 0 Å². The van der Waals surface area contributed by atoms with Gasteiger partial charge in [-0.2, -0.15) is 0 Å². The fraction of sp³-hybridized carbons (Fsp3) is 0.200. The van der Waals surface area contributed by atoms with Crippen molar-refractivity contribution >= 4 is 11.3 Å². The number of aryl methyl sites for hydroxylation is 1. The van der Waals surface area contributed by atoms with E-state index in [0.29, 0.717) is 18.1 Å². The minimum Gasteiger partial charge on any atom is -0.490 e. The lowest BCUT2D eigenvalue weighted by molar-refractivity contribution is 0.342. The number of nitrogens with two attached hydrogens (primary N) is 1. The van der Waals surface area contributed by atoms with Crippen LogP contribution in [0.25, 0.3) is 17.0 Å². The first-order valence-electron chi connectivity index (χ1n) is 6.53. The summed E-state index contributed by atoms with van der Waals surface area (Å²) in [6.45, 7) is 4.52. The molecule has 0 atom stereocenters. The molecule has 2 N–H and O–H groups in total. The number of fused-ring (bicyclic) bond motifs is 1. The lowest BCUT2D eigenvalue weighted by atomic mass is 10.1. The Morgan fingerprint density at radius 1 is 1.30 bits per heavy atom. The average Bonchev–Trinajstić information content (AvgIpc) is 2.87. The zero-order chi connectivity index (χ0) is 14.1. The molecule has 2 aromatic heterocycles. The van der Waals surface area contributed by atoms with Crippen molar-refractivity contribution < 1.29 is 4.74 Å². The fourth-order valence-corrected chi connectivity index (χ4v) is 2.05. The second-order valence-electron chi connectivity index (χ2n) is 4.58. The van der Waals surface area contributed by atoms with E-state index < -0.39 is 0 Å². The Hall–Kier alpha value is -2.56. The summed E-state index contributed by atoms with van der Waals surface area (Å²) in [6, 6.07) is 9.62. The lowest BCUT2D eigenvalue weighted by Gasteiger charge is -2.02. The molecule has 0 saturated carbocycles. The Morgan fingerprint density at radius 3 is 2.90 bits per heavy atom. The number of anilines is 1. The molecule has 1 aromatic carbocycles. The second-order valence-corrected chi connectivity index (χ2v) is 4.58. The molecular weight excluding hydrogens is 252 g/mol. The molecule has 0 aliphatic carbocycles. The smallest absolute Gasteiger partial charge is 0.198 e. The molecule has 102 valence electrons. The van der Waals surface area contributed by atoms with Crippen molar-refractivity contribution in [1.82, 2.24) is 14.6 Å². The highest BCUT2D eigenvalue weighted by Gasteiger charge is 2.10. The van der Waals surface area contributed by atoms with Crippen LogP contribution in [-0.4, -0.2) is 21.2 Å². The molecule has 3 aromatic rings. The summed E-state index contributed by atoms with van der Waals surface area (Å²) in [5, 5.41) is 4.47. The van der Waals surface area contributed by atoms with E-state index in [1.165, 1.54) is 0 Å². The third-order valence-corrected chi connectivity index (χ3v) is 3.16. The quantitative estimate of drug-likeness (QED) is 0.742. The number of aromatic nitrogens is 3. The van der Waals surface area contributed by atoms with Crippen molar-refractivity contribution in [2.45, 2.75) is 13.8 Å². The van der Waals surface area contributed by atoms with Gasteiger partial charge in [-0.15, -0.1) is 5.10 Å². The highest BCUT2D eigenvalue weighted by Crippen LogP contribution is 2.24. The van der Waals surface area contributed by atoms with E-state index in [4.69, 9.17) is 10.5 Å². The van der Waals surface area contributed by atoms with E-state index in [-0.39, 0.29) is 0 Å². The number of hydrogen-bond acceptors (Lipinski definition) is 4. The zero-order valence-corrected chi connectivity index (χ0v) is 11.5. The van der Waals surface area contributed by atoms with E-state index >= 15 is 0 Å². The zero-order valence-electron chi connectivity index (χ0n) is 11.5. The molecule has 5 nitrogen and oxygen atoms in total. The summed E-state index contributed by atoms with van der Waals surface area (Å²) in [4.78, 5) is 4.54. The summed E-state index contributed by atoms with van der Waals surface area (Å²) in [7, 11) is 0. The molecule has 20 heavy (non-hydrogen) atoms. The fourth-order valence-electron chi connectivity index (χ4n) is 2.05. The summed E-state index contributed by atoms with van der Waals surface area (Å²) >= 11 is 0. The molecular formula is C15H16N4O. The van der Waals surface area contributed by atoms with Gasteiger partial charge in [-0.1, -0.05) is 12.1 Å². The number of ether oxygens (including phenoxy) is 1. The predicted molar refractivity (Wildman–Crippen MR) is 78.7 cm³/mol. The normalized spacial score (nSPS) is 10.9. The minimum atomic E-state index is 0.597. The monoisotopic (exact) mass is 268 g/mol. The molecule has 0 aliphatic heterocycles. The van der Waals surface area contributed by atoms with Crippen LogP contribution in [0, 0.1) is 6.92 Å². The van der Waals surface area contributed by atoms with E-state index in [1.807, 2.05) is 50.4 Å². The Labute approximate surface area is 117 Å². The molecule has 0 bridgehead atoms. The third kappa shape index (κ3) is 2.07. The summed E-state index contributed by atoms with van der Waals surface area (Å²) in [5.74, 6) is 1.37. The van der Waals surface area contributed by atoms with Crippen molar-refractivity contribution in [2.75, 3.05) is 12.3 Å². The van der Waals surface area contributed by atoms with Crippen LogP contribution in [0.3, 0.4) is 0 Å². The van der Waals surface area contributed by atoms with Crippen LogP contribution < -0.4 is 10.5 Å². The number of nitrogens with zero attached hydrogens (tertiary/aromatic N) is 3. The van der Waals surface area contributed by atoms with Crippen molar-refractivity contribution in [3.8, 4) is 17.1 Å². The van der Waals surface area contributed by atoms with Crippen LogP contribution in [0.5, 0.6) is 5.75 Å². The number of nitrogen functional groups attached to an aromatic ring is 1. The van der Waals surface area contributed by atoms with Crippen LogP contribution in [0.2, 0.25) is 0 Å². The van der Waals surface area contributed by atoms with Gasteiger partial charge in [0.05, 0.1) is 6.61 Å². The number of pyridine rings is 1. The van der Waals surface area contributed by atoms with Crippen molar-refractivity contribution in [2.24, 2.45) is 0 Å². The molecule has 0 spiro atoms. The minimum absolute atomic E-state index is 0.597. The maximum absolute atomic E-state index is 5.94. The third-order valence-electron chi connectivity index (χ3n) is 3.16. The van der Waals surface area contributed by atoms with E-state index in [1.54, 1.807) is 4.52 Å². The number of hydrogen-bond donors (Lipinski definition) is 1. The van der Waals surface area contributed by atoms with Crippen LogP contribution in [0.15, 0.2) is 36.5 Å². The van der Waals surface area contributed by atoms with E-state index in [9.17, 15) is 0 Å². The van der Waals surface area contributed by atoms with Crippen molar-refractivity contribution in [1.29, 1.82) is 0 Å². The van der Waals surface area contributed by atoms with Crippen LogP contribution in [0.4, 0.5) is 5.69 Å². The molecule has 0 fully saturated rings. The van der Waals surface area contributed by atoms with Crippen molar-refractivity contribution in [3.63, 3.8) is 0 Å². The van der Waals surface area contributed by atoms with Gasteiger partial charge < -0.3 is 10.5 Å². The highest BCUT2D eigenvalue weighted by molar-refractivity contribution is 5.66. The molecule has 0 saturated heterocycles. The number of rotatable bonds is 3. The molecule has 0 unspecified atom stereocenters. The molecule has 2 heterocycles. The maximum atomic E-state index is 5.94. The molecule has 0 aliphatic rings. The Bertz CT molecular complexity index is 764. The van der Waals surface area contributed by atoms with Gasteiger partial charge in [0.15, 0.2) is 17.2 Å². The van der Waals surface area contributed by atoms with Crippen molar-refractivity contribution in [3.05, 3.63) is 42.1 Å². The number of benzene rings is 1. The molecule has 0 radical (unpaired) electrons. The van der Waals surface area contributed by atoms with Gasteiger partial charge in [0.2, 0.25) is 0 Å². The lowest BCUT2D eigenvalue weighted by Crippen LogP contribution is -1.95. The van der Waals surface area contributed by atoms with Gasteiger partial charge >= 0.3 is 0 Å². The summed E-state index contributed by atoms with van der Waals surface area (Å²) in [5.41, 5.74) is 9.35. The van der Waals surface area contributed by atoms with Crippen LogP contribution >= 0.6 is 0 Å². The Morgan fingerprint density at radius 2 is 2.15 bits per heavy atom. The van der Waals surface area contributed by atoms with Crippen LogP contribution in [-0.2, 0) is 0 Å². The second kappa shape index (κ2) is 4.85. The van der Waals surface area contributed by atoms with E-state index in [0.717, 1.165) is 22.6 Å². The SMILES string of the molecule is CCOc1cccn2nc(-c3ccc(C)c(N)c3)nc12. The molecule has 3 rings (SSSR count). The predicted octanol–water partition coefficient (Wildman–Crippen LogP) is 2.69. The Kier molecular flexibility index (Phi) is 3.02. The Balaban J connectivity index is 2.12. The van der Waals surface area contributed by atoms with Gasteiger partial charge in [-0.3, -0.25) is 0 Å². The van der Waals surface area contributed by atoms with Gasteiger partial charge in [0.1, 0.15) is 0 Å². The summed E-state index contributed by atoms with van der Waals surface area (Å²) < 4.78 is 7.28. The van der Waals surface area contributed by atoms with E-state index in [2.05, 4.69) is 10.1 Å². The first-order chi connectivity index (χ1) is 9.69. The van der Waals surface area contributed by atoms with Gasteiger partial charge in [-0.25, -0.2) is 9.50 Å². The van der Waals surface area contributed by atoms with Gasteiger partial charge in [0, 0.05) is 17.4 Å². The first-order valence-corrected chi connectivity index (χ1v) is 6.53. The summed E-state index contributed by atoms with van der Waals surface area (Å²) in [6.07, 6.45) is 1.85. The standard InChI is InChI=1S/C15H16N4O/c1-3-20-13-5-4-8-19-15(13)17-14(18-19)11-7-6-10(2)12(16)9-11/h4-9H,3,16H2,1-2H3. The molecule has 0 amide bonds. The highest BCUT2D eigenvalue weighted by atomic mass is 16.5. The molecule has 5 heteroatoms. The average molecular weight is 268 g/mol. The topological polar surface area (TPSA) is 65.4 Å². The van der Waals surface area contributed by atoms with Gasteiger partial charge in [-0.05, 0) is 37.6 Å².